The predicted octanol–water partition coefficient (Wildman–Crippen LogP) is 5.95. The lowest BCUT2D eigenvalue weighted by atomic mass is 9.96. The Balaban J connectivity index is 1.27. The van der Waals surface area contributed by atoms with E-state index in [9.17, 15) is 18.2 Å². The van der Waals surface area contributed by atoms with Gasteiger partial charge in [-0.3, -0.25) is 14.4 Å². The van der Waals surface area contributed by atoms with Crippen LogP contribution in [0.25, 0.3) is 11.1 Å². The molecule has 11 nitrogen and oxygen atoms in total. The summed E-state index contributed by atoms with van der Waals surface area (Å²) < 4.78 is 57.2. The van der Waals surface area contributed by atoms with Gasteiger partial charge in [-0.15, -0.1) is 0 Å². The number of hydrogen-bond acceptors (Lipinski definition) is 10. The van der Waals surface area contributed by atoms with Crippen LogP contribution in [0, 0.1) is 18.3 Å². The van der Waals surface area contributed by atoms with E-state index >= 15 is 0 Å². The molecule has 0 spiro atoms. The molecule has 2 aliphatic heterocycles. The number of nitriles is 1. The molecule has 1 fully saturated rings. The normalized spacial score (nSPS) is 15.8. The largest absolute Gasteiger partial charge is 0.488 e. The molecule has 6 rings (SSSR count). The summed E-state index contributed by atoms with van der Waals surface area (Å²) in [6.07, 6.45) is 4.94. The number of halogens is 1. The first-order valence-corrected chi connectivity index (χ1v) is 18.5. The highest BCUT2D eigenvalue weighted by atomic mass is 35.5. The Morgan fingerprint density at radius 1 is 1.04 bits per heavy atom. The fraction of sp³-hybridized carbons (Fsp3) is 0.351. The highest BCUT2D eigenvalue weighted by molar-refractivity contribution is 7.85. The van der Waals surface area contributed by atoms with Gasteiger partial charge in [-0.05, 0) is 72.8 Å². The third-order valence-corrected chi connectivity index (χ3v) is 9.91. The van der Waals surface area contributed by atoms with E-state index in [0.29, 0.717) is 54.0 Å². The van der Waals surface area contributed by atoms with Crippen molar-refractivity contribution in [3.8, 4) is 40.2 Å². The number of benzene rings is 3. The van der Waals surface area contributed by atoms with Gasteiger partial charge in [0.05, 0.1) is 16.3 Å². The summed E-state index contributed by atoms with van der Waals surface area (Å²) in [7, 11) is -4.17. The van der Waals surface area contributed by atoms with E-state index in [-0.39, 0.29) is 25.8 Å². The topological polar surface area (TPSA) is 143 Å². The molecule has 1 atom stereocenters. The number of rotatable bonds is 13. The zero-order valence-electron chi connectivity index (χ0n) is 27.7. The number of fused-ring (bicyclic) bond motifs is 1. The molecule has 3 heterocycles. The average molecular weight is 719 g/mol. The third kappa shape index (κ3) is 9.04. The van der Waals surface area contributed by atoms with Crippen LogP contribution in [0.2, 0.25) is 5.02 Å². The molecule has 0 saturated carbocycles. The third-order valence-electron chi connectivity index (χ3n) is 8.91. The van der Waals surface area contributed by atoms with E-state index in [0.717, 1.165) is 58.7 Å². The highest BCUT2D eigenvalue weighted by Gasteiger charge is 2.25. The number of hydrogen-bond donors (Lipinski definition) is 2. The predicted molar refractivity (Wildman–Crippen MR) is 189 cm³/mol. The van der Waals surface area contributed by atoms with Gasteiger partial charge in [-0.25, -0.2) is 0 Å². The van der Waals surface area contributed by atoms with E-state index in [1.807, 2.05) is 35.2 Å². The van der Waals surface area contributed by atoms with Crippen molar-refractivity contribution in [2.45, 2.75) is 45.6 Å². The quantitative estimate of drug-likeness (QED) is 0.158. The van der Waals surface area contributed by atoms with Crippen LogP contribution in [0.4, 0.5) is 0 Å². The van der Waals surface area contributed by atoms with Crippen molar-refractivity contribution in [2.75, 3.05) is 38.6 Å². The molecule has 0 radical (unpaired) electrons. The minimum atomic E-state index is -4.17. The number of ether oxygens (including phenoxy) is 4. The van der Waals surface area contributed by atoms with Crippen LogP contribution in [-0.4, -0.2) is 67.5 Å². The minimum absolute atomic E-state index is 0.0500. The Hall–Kier alpha value is -4.38. The van der Waals surface area contributed by atoms with Crippen molar-refractivity contribution in [2.24, 2.45) is 0 Å². The minimum Gasteiger partial charge on any atom is -0.488 e. The number of pyridine rings is 1. The maximum absolute atomic E-state index is 11.7. The highest BCUT2D eigenvalue weighted by Crippen LogP contribution is 2.38. The van der Waals surface area contributed by atoms with Crippen molar-refractivity contribution >= 4 is 21.7 Å². The number of nitrogens with zero attached hydrogens (tertiary/aromatic N) is 3. The van der Waals surface area contributed by atoms with E-state index < -0.39 is 15.9 Å². The van der Waals surface area contributed by atoms with Gasteiger partial charge in [0.2, 0.25) is 0 Å². The summed E-state index contributed by atoms with van der Waals surface area (Å²) >= 11 is 6.86. The molecule has 1 saturated heterocycles. The van der Waals surface area contributed by atoms with Crippen LogP contribution in [0.15, 0.2) is 67.0 Å². The summed E-state index contributed by atoms with van der Waals surface area (Å²) in [5.74, 6) is 1.97. The number of piperidine rings is 1. The van der Waals surface area contributed by atoms with E-state index in [2.05, 4.69) is 29.4 Å². The molecule has 2 N–H and O–H groups in total. The van der Waals surface area contributed by atoms with Crippen LogP contribution in [0.1, 0.15) is 40.7 Å². The second-order valence-electron chi connectivity index (χ2n) is 12.4. The molecule has 4 aromatic rings. The molecule has 1 aromatic heterocycles. The summed E-state index contributed by atoms with van der Waals surface area (Å²) in [4.78, 5) is 6.17. The monoisotopic (exact) mass is 718 g/mol. The van der Waals surface area contributed by atoms with Crippen LogP contribution < -0.4 is 24.3 Å². The van der Waals surface area contributed by atoms with Crippen molar-refractivity contribution in [3.05, 3.63) is 99.8 Å². The standard InChI is InChI=1S/C37H39ClN4O7S/c1-25-29(4-2-6-32(25)28-7-8-34-37(16-28)47-12-11-46-34)24-49-36-17-35(48-23-27-14-26(18-39)19-41-20-27)30(15-33(36)38)22-42(10-13-50(43,44)45)31-5-3-9-40-21-31/h2,4,6-8,14-17,19-20,31,40H,3,5,9-13,21-24H2,1H3,(H,43,44,45)/t31-/m1/s1. The average Bonchev–Trinajstić information content (AvgIpc) is 3.12. The van der Waals surface area contributed by atoms with Crippen LogP contribution in [-0.2, 0) is 29.9 Å². The lowest BCUT2D eigenvalue weighted by Gasteiger charge is -2.35. The van der Waals surface area contributed by atoms with Crippen molar-refractivity contribution in [3.63, 3.8) is 0 Å². The van der Waals surface area contributed by atoms with Gasteiger partial charge in [0.15, 0.2) is 11.5 Å². The zero-order valence-corrected chi connectivity index (χ0v) is 29.3. The second kappa shape index (κ2) is 16.1. The first-order chi connectivity index (χ1) is 24.2. The van der Waals surface area contributed by atoms with Gasteiger partial charge in [0.25, 0.3) is 10.1 Å². The van der Waals surface area contributed by atoms with Gasteiger partial charge < -0.3 is 24.3 Å². The fourth-order valence-corrected chi connectivity index (χ4v) is 6.95. The Kier molecular flexibility index (Phi) is 11.4. The molecular weight excluding hydrogens is 680 g/mol. The molecule has 262 valence electrons. The maximum atomic E-state index is 11.7. The van der Waals surface area contributed by atoms with Gasteiger partial charge in [0, 0.05) is 55.3 Å². The van der Waals surface area contributed by atoms with Gasteiger partial charge in [-0.1, -0.05) is 35.9 Å². The van der Waals surface area contributed by atoms with Crippen molar-refractivity contribution in [1.82, 2.24) is 15.2 Å². The smallest absolute Gasteiger partial charge is 0.266 e. The first-order valence-electron chi connectivity index (χ1n) is 16.5. The van der Waals surface area contributed by atoms with Crippen LogP contribution in [0.3, 0.4) is 0 Å². The molecular formula is C37H39ClN4O7S. The molecule has 0 unspecified atom stereocenters. The van der Waals surface area contributed by atoms with Gasteiger partial charge in [-0.2, -0.15) is 13.7 Å². The Morgan fingerprint density at radius 2 is 1.86 bits per heavy atom. The second-order valence-corrected chi connectivity index (χ2v) is 14.3. The maximum Gasteiger partial charge on any atom is 0.266 e. The Morgan fingerprint density at radius 3 is 2.64 bits per heavy atom. The lowest BCUT2D eigenvalue weighted by molar-refractivity contribution is 0.163. The van der Waals surface area contributed by atoms with Crippen molar-refractivity contribution in [1.29, 1.82) is 5.26 Å². The number of aromatic nitrogens is 1. The van der Waals surface area contributed by atoms with Gasteiger partial charge >= 0.3 is 0 Å². The summed E-state index contributed by atoms with van der Waals surface area (Å²) in [6, 6.07) is 19.4. The van der Waals surface area contributed by atoms with Crippen molar-refractivity contribution < 1.29 is 31.9 Å². The van der Waals surface area contributed by atoms with E-state index in [1.54, 1.807) is 24.4 Å². The Labute approximate surface area is 297 Å². The lowest BCUT2D eigenvalue weighted by Crippen LogP contribution is -2.47. The molecule has 50 heavy (non-hydrogen) atoms. The molecule has 3 aromatic carbocycles. The first kappa shape index (κ1) is 35.4. The van der Waals surface area contributed by atoms with Crippen LogP contribution >= 0.6 is 11.6 Å². The van der Waals surface area contributed by atoms with Gasteiger partial charge in [0.1, 0.15) is 44.0 Å². The summed E-state index contributed by atoms with van der Waals surface area (Å²) in [5, 5.41) is 13.1. The molecule has 0 amide bonds. The molecule has 2 aliphatic rings. The molecule has 13 heteroatoms. The van der Waals surface area contributed by atoms with Crippen LogP contribution in [0.5, 0.6) is 23.0 Å². The molecule has 0 aliphatic carbocycles. The fourth-order valence-electron chi connectivity index (χ4n) is 6.24. The summed E-state index contributed by atoms with van der Waals surface area (Å²) in [5.41, 5.74) is 5.93. The Bertz CT molecular complexity index is 1980. The number of nitrogens with one attached hydrogen (secondary N) is 1. The van der Waals surface area contributed by atoms with E-state index in [1.165, 1.54) is 6.20 Å². The zero-order chi connectivity index (χ0) is 35.1. The van der Waals surface area contributed by atoms with E-state index in [4.69, 9.17) is 30.5 Å². The molecule has 0 bridgehead atoms. The summed E-state index contributed by atoms with van der Waals surface area (Å²) in [6.45, 7) is 5.50. The SMILES string of the molecule is Cc1c(COc2cc(OCc3cncc(C#N)c3)c(CN(CCS(=O)(=O)O)[C@@H]3CCCNC3)cc2Cl)cccc1-c1ccc2c(c1)OCCO2.